The van der Waals surface area contributed by atoms with Gasteiger partial charge < -0.3 is 10.2 Å². The van der Waals surface area contributed by atoms with Crippen LogP contribution in [0.3, 0.4) is 0 Å². The zero-order chi connectivity index (χ0) is 11.1. The minimum absolute atomic E-state index is 0.116. The average Bonchev–Trinajstić information content (AvgIpc) is 3.15. The molecule has 1 aliphatic heterocycles. The van der Waals surface area contributed by atoms with Crippen LogP contribution in [0.4, 0.5) is 0 Å². The number of hydrogen-bond acceptors (Lipinski definition) is 2. The van der Waals surface area contributed by atoms with E-state index < -0.39 is 0 Å². The van der Waals surface area contributed by atoms with Crippen molar-refractivity contribution in [1.29, 1.82) is 0 Å². The van der Waals surface area contributed by atoms with Crippen molar-refractivity contribution < 1.29 is 4.79 Å². The van der Waals surface area contributed by atoms with Crippen LogP contribution in [0.1, 0.15) is 32.1 Å². The second-order valence-corrected chi connectivity index (χ2v) is 5.85. The molecule has 1 amide bonds. The van der Waals surface area contributed by atoms with E-state index in [1.807, 2.05) is 11.9 Å². The fourth-order valence-electron chi connectivity index (χ4n) is 3.06. The van der Waals surface area contributed by atoms with Crippen molar-refractivity contribution in [2.75, 3.05) is 20.1 Å². The second kappa shape index (κ2) is 4.02. The Morgan fingerprint density at radius 1 is 1.25 bits per heavy atom. The van der Waals surface area contributed by atoms with Gasteiger partial charge in [-0.2, -0.15) is 0 Å². The first-order valence-corrected chi connectivity index (χ1v) is 6.74. The van der Waals surface area contributed by atoms with Gasteiger partial charge >= 0.3 is 0 Å². The molecule has 1 heterocycles. The third-order valence-corrected chi connectivity index (χ3v) is 4.48. The highest BCUT2D eigenvalue weighted by atomic mass is 16.2. The molecule has 1 N–H and O–H groups in total. The predicted octanol–water partition coefficient (Wildman–Crippen LogP) is 1.24. The molecule has 1 atom stereocenters. The molecule has 0 spiro atoms. The van der Waals surface area contributed by atoms with E-state index in [1.165, 1.54) is 25.7 Å². The van der Waals surface area contributed by atoms with Crippen molar-refractivity contribution in [1.82, 2.24) is 10.2 Å². The number of amides is 1. The number of nitrogens with zero attached hydrogens (tertiary/aromatic N) is 1. The van der Waals surface area contributed by atoms with Gasteiger partial charge in [-0.05, 0) is 56.4 Å². The summed E-state index contributed by atoms with van der Waals surface area (Å²) in [6.07, 6.45) is 6.73. The summed E-state index contributed by atoms with van der Waals surface area (Å²) < 4.78 is 0. The predicted molar refractivity (Wildman–Crippen MR) is 63.0 cm³/mol. The van der Waals surface area contributed by atoms with E-state index in [4.69, 9.17) is 0 Å². The third kappa shape index (κ3) is 2.10. The molecule has 3 fully saturated rings. The van der Waals surface area contributed by atoms with Gasteiger partial charge in [-0.15, -0.1) is 0 Å². The van der Waals surface area contributed by atoms with Crippen LogP contribution < -0.4 is 5.32 Å². The summed E-state index contributed by atoms with van der Waals surface area (Å²) in [4.78, 5) is 13.6. The van der Waals surface area contributed by atoms with Gasteiger partial charge in [0.05, 0.1) is 6.04 Å². The molecule has 0 aromatic heterocycles. The normalized spacial score (nSPS) is 30.5. The van der Waals surface area contributed by atoms with E-state index in [0.29, 0.717) is 5.91 Å². The number of carbonyl (C=O) groups excluding carboxylic acids is 1. The van der Waals surface area contributed by atoms with Gasteiger partial charge in [0, 0.05) is 13.6 Å². The maximum atomic E-state index is 11.8. The maximum absolute atomic E-state index is 11.8. The summed E-state index contributed by atoms with van der Waals surface area (Å²) >= 11 is 0. The molecule has 3 nitrogen and oxygen atoms in total. The zero-order valence-electron chi connectivity index (χ0n) is 10.1. The molecule has 1 unspecified atom stereocenters. The highest BCUT2D eigenvalue weighted by Gasteiger charge is 2.41. The minimum atomic E-state index is 0.116. The lowest BCUT2D eigenvalue weighted by molar-refractivity contribution is -0.128. The number of rotatable bonds is 5. The van der Waals surface area contributed by atoms with Crippen LogP contribution in [0.15, 0.2) is 0 Å². The lowest BCUT2D eigenvalue weighted by Gasteiger charge is -2.19. The monoisotopic (exact) mass is 222 g/mol. The van der Waals surface area contributed by atoms with Crippen LogP contribution in [0, 0.1) is 17.8 Å². The van der Waals surface area contributed by atoms with Crippen LogP contribution in [-0.4, -0.2) is 37.0 Å². The molecule has 90 valence electrons. The third-order valence-electron chi connectivity index (χ3n) is 4.48. The quantitative estimate of drug-likeness (QED) is 0.759. The maximum Gasteiger partial charge on any atom is 0.239 e. The Kier molecular flexibility index (Phi) is 2.66. The topological polar surface area (TPSA) is 32.3 Å². The lowest BCUT2D eigenvalue weighted by atomic mass is 9.97. The first kappa shape index (κ1) is 10.6. The Balaban J connectivity index is 1.49. The Morgan fingerprint density at radius 2 is 1.88 bits per heavy atom. The van der Waals surface area contributed by atoms with Crippen LogP contribution in [0.2, 0.25) is 0 Å². The van der Waals surface area contributed by atoms with Crippen molar-refractivity contribution >= 4 is 5.91 Å². The van der Waals surface area contributed by atoms with Crippen molar-refractivity contribution in [2.45, 2.75) is 38.1 Å². The SMILES string of the molecule is CN1CCC(NCC(C2CC2)C2CC2)C1=O. The Bertz CT molecular complexity index is 272. The lowest BCUT2D eigenvalue weighted by Crippen LogP contribution is -2.40. The summed E-state index contributed by atoms with van der Waals surface area (Å²) in [6.45, 7) is 2.01. The van der Waals surface area contributed by atoms with Crippen LogP contribution in [-0.2, 0) is 4.79 Å². The van der Waals surface area contributed by atoms with Crippen molar-refractivity contribution in [3.05, 3.63) is 0 Å². The van der Waals surface area contributed by atoms with Gasteiger partial charge in [-0.25, -0.2) is 0 Å². The summed E-state index contributed by atoms with van der Waals surface area (Å²) in [5.74, 6) is 3.13. The molecule has 16 heavy (non-hydrogen) atoms. The van der Waals surface area contributed by atoms with E-state index in [0.717, 1.165) is 37.3 Å². The standard InChI is InChI=1S/C13H22N2O/c1-15-7-6-12(13(15)16)14-8-11(9-2-3-9)10-4-5-10/h9-12,14H,2-8H2,1H3. The van der Waals surface area contributed by atoms with E-state index >= 15 is 0 Å². The van der Waals surface area contributed by atoms with E-state index in [2.05, 4.69) is 5.32 Å². The second-order valence-electron chi connectivity index (χ2n) is 5.85. The fraction of sp³-hybridized carbons (Fsp3) is 0.923. The summed E-state index contributed by atoms with van der Waals surface area (Å²) in [7, 11) is 1.91. The van der Waals surface area contributed by atoms with Crippen molar-refractivity contribution in [2.24, 2.45) is 17.8 Å². The molecule has 3 heteroatoms. The molecule has 1 saturated heterocycles. The summed E-state index contributed by atoms with van der Waals surface area (Å²) in [6, 6.07) is 0.116. The average molecular weight is 222 g/mol. The molecule has 0 bridgehead atoms. The Morgan fingerprint density at radius 3 is 2.31 bits per heavy atom. The van der Waals surface area contributed by atoms with Crippen LogP contribution in [0.25, 0.3) is 0 Å². The van der Waals surface area contributed by atoms with E-state index in [1.54, 1.807) is 0 Å². The largest absolute Gasteiger partial charge is 0.344 e. The first-order valence-electron chi connectivity index (χ1n) is 6.74. The number of likely N-dealkylation sites (N-methyl/N-ethyl adjacent to an activating group) is 1. The van der Waals surface area contributed by atoms with Gasteiger partial charge in [0.2, 0.25) is 5.91 Å². The van der Waals surface area contributed by atoms with E-state index in [-0.39, 0.29) is 6.04 Å². The number of likely N-dealkylation sites (tertiary alicyclic amines) is 1. The van der Waals surface area contributed by atoms with Gasteiger partial charge in [0.25, 0.3) is 0 Å². The van der Waals surface area contributed by atoms with Crippen molar-refractivity contribution in [3.8, 4) is 0 Å². The van der Waals surface area contributed by atoms with Crippen LogP contribution >= 0.6 is 0 Å². The zero-order valence-corrected chi connectivity index (χ0v) is 10.1. The van der Waals surface area contributed by atoms with Crippen molar-refractivity contribution in [3.63, 3.8) is 0 Å². The van der Waals surface area contributed by atoms with E-state index in [9.17, 15) is 4.79 Å². The molecule has 3 aliphatic rings. The molecular weight excluding hydrogens is 200 g/mol. The number of nitrogens with one attached hydrogen (secondary N) is 1. The molecule has 0 radical (unpaired) electrons. The van der Waals surface area contributed by atoms with Gasteiger partial charge in [-0.3, -0.25) is 4.79 Å². The molecular formula is C13H22N2O. The summed E-state index contributed by atoms with van der Waals surface area (Å²) in [5, 5.41) is 3.51. The van der Waals surface area contributed by atoms with Gasteiger partial charge in [-0.1, -0.05) is 0 Å². The molecule has 0 aromatic carbocycles. The molecule has 2 aliphatic carbocycles. The van der Waals surface area contributed by atoms with Gasteiger partial charge in [0.15, 0.2) is 0 Å². The highest BCUT2D eigenvalue weighted by Crippen LogP contribution is 2.48. The molecule has 0 aromatic rings. The first-order chi connectivity index (χ1) is 7.75. The molecule has 3 rings (SSSR count). The minimum Gasteiger partial charge on any atom is -0.344 e. The Hall–Kier alpha value is -0.570. The Labute approximate surface area is 97.6 Å². The summed E-state index contributed by atoms with van der Waals surface area (Å²) in [5.41, 5.74) is 0. The molecule has 2 saturated carbocycles. The number of carbonyl (C=O) groups is 1. The number of hydrogen-bond donors (Lipinski definition) is 1. The smallest absolute Gasteiger partial charge is 0.239 e. The van der Waals surface area contributed by atoms with Crippen LogP contribution in [0.5, 0.6) is 0 Å². The highest BCUT2D eigenvalue weighted by molar-refractivity contribution is 5.83. The fourth-order valence-corrected chi connectivity index (χ4v) is 3.06. The van der Waals surface area contributed by atoms with Gasteiger partial charge in [0.1, 0.15) is 0 Å².